The zero-order valence-electron chi connectivity index (χ0n) is 17.8. The van der Waals surface area contributed by atoms with Crippen LogP contribution in [0.3, 0.4) is 0 Å². The Morgan fingerprint density at radius 2 is 2.17 bits per heavy atom. The monoisotopic (exact) mass is 401 g/mol. The first-order valence-corrected chi connectivity index (χ1v) is 10.8. The Balaban J connectivity index is 1.56. The molecule has 0 spiro atoms. The number of aryl methyl sites for hydroxylation is 1. The summed E-state index contributed by atoms with van der Waals surface area (Å²) < 4.78 is 17.0. The van der Waals surface area contributed by atoms with Crippen LogP contribution >= 0.6 is 0 Å². The van der Waals surface area contributed by atoms with Gasteiger partial charge in [-0.25, -0.2) is 4.99 Å². The number of aliphatic imine (C=N–C) groups is 1. The molecule has 0 aliphatic carbocycles. The lowest BCUT2D eigenvalue weighted by Gasteiger charge is -2.16. The van der Waals surface area contributed by atoms with Crippen LogP contribution in [-0.2, 0) is 16.0 Å². The van der Waals surface area contributed by atoms with Crippen LogP contribution in [0.15, 0.2) is 34.8 Å². The number of benzene rings is 1. The minimum absolute atomic E-state index is 0.491. The summed E-state index contributed by atoms with van der Waals surface area (Å²) in [4.78, 5) is 4.78. The number of nitrogens with one attached hydrogen (secondary N) is 2. The molecule has 6 nitrogen and oxygen atoms in total. The molecule has 0 saturated carbocycles. The van der Waals surface area contributed by atoms with Crippen molar-refractivity contribution < 1.29 is 14.2 Å². The van der Waals surface area contributed by atoms with Crippen molar-refractivity contribution in [2.45, 2.75) is 39.7 Å². The standard InChI is InChI=1S/C23H35N3O3/c1-3-24-23(25-10-6-19-7-11-27-12-8-19)26-15-21-5-4-18(2)14-22(21)29-17-20-9-13-28-16-20/h4-5,7,14,20H,3,6,8-13,15-17H2,1-2H3,(H2,24,25,26). The Kier molecular flexibility index (Phi) is 8.83. The van der Waals surface area contributed by atoms with Gasteiger partial charge >= 0.3 is 0 Å². The Hall–Kier alpha value is -2.05. The van der Waals surface area contributed by atoms with Gasteiger partial charge in [-0.15, -0.1) is 0 Å². The van der Waals surface area contributed by atoms with E-state index in [9.17, 15) is 0 Å². The Bertz CT molecular complexity index is 697. The van der Waals surface area contributed by atoms with Crippen LogP contribution < -0.4 is 15.4 Å². The lowest BCUT2D eigenvalue weighted by atomic mass is 10.1. The van der Waals surface area contributed by atoms with Gasteiger partial charge in [0.25, 0.3) is 0 Å². The smallest absolute Gasteiger partial charge is 0.191 e. The predicted molar refractivity (Wildman–Crippen MR) is 117 cm³/mol. The minimum Gasteiger partial charge on any atom is -0.493 e. The molecule has 2 aliphatic rings. The van der Waals surface area contributed by atoms with Gasteiger partial charge in [-0.3, -0.25) is 0 Å². The number of guanidine groups is 1. The number of ether oxygens (including phenoxy) is 3. The van der Waals surface area contributed by atoms with E-state index < -0.39 is 0 Å². The second-order valence-corrected chi connectivity index (χ2v) is 7.71. The van der Waals surface area contributed by atoms with E-state index in [-0.39, 0.29) is 0 Å². The topological polar surface area (TPSA) is 64.1 Å². The molecule has 2 aliphatic heterocycles. The molecule has 3 rings (SSSR count). The quantitative estimate of drug-likeness (QED) is 0.378. The van der Waals surface area contributed by atoms with Gasteiger partial charge < -0.3 is 24.8 Å². The molecule has 29 heavy (non-hydrogen) atoms. The Labute approximate surface area is 174 Å². The van der Waals surface area contributed by atoms with Crippen LogP contribution in [0.4, 0.5) is 0 Å². The summed E-state index contributed by atoms with van der Waals surface area (Å²) in [5, 5.41) is 6.78. The van der Waals surface area contributed by atoms with Gasteiger partial charge in [-0.1, -0.05) is 23.8 Å². The van der Waals surface area contributed by atoms with Crippen molar-refractivity contribution in [3.05, 3.63) is 41.0 Å². The van der Waals surface area contributed by atoms with E-state index >= 15 is 0 Å². The van der Waals surface area contributed by atoms with Crippen molar-refractivity contribution in [3.8, 4) is 5.75 Å². The lowest BCUT2D eigenvalue weighted by molar-refractivity contribution is 0.153. The molecule has 160 valence electrons. The molecule has 1 unspecified atom stereocenters. The second kappa shape index (κ2) is 11.8. The average Bonchev–Trinajstić information content (AvgIpc) is 3.26. The van der Waals surface area contributed by atoms with E-state index in [0.717, 1.165) is 76.1 Å². The van der Waals surface area contributed by atoms with Crippen LogP contribution in [0, 0.1) is 12.8 Å². The first kappa shape index (κ1) is 21.7. The van der Waals surface area contributed by atoms with Crippen LogP contribution in [0.5, 0.6) is 5.75 Å². The van der Waals surface area contributed by atoms with E-state index in [2.05, 4.69) is 48.8 Å². The Morgan fingerprint density at radius 3 is 2.93 bits per heavy atom. The fourth-order valence-electron chi connectivity index (χ4n) is 3.49. The van der Waals surface area contributed by atoms with Crippen molar-refractivity contribution in [1.82, 2.24) is 10.6 Å². The number of hydrogen-bond donors (Lipinski definition) is 2. The highest BCUT2D eigenvalue weighted by molar-refractivity contribution is 5.79. The fraction of sp³-hybridized carbons (Fsp3) is 0.609. The molecule has 1 atom stereocenters. The third-order valence-corrected chi connectivity index (χ3v) is 5.27. The summed E-state index contributed by atoms with van der Waals surface area (Å²) in [6.07, 6.45) is 5.33. The first-order valence-electron chi connectivity index (χ1n) is 10.8. The molecule has 1 aromatic carbocycles. The molecule has 1 fully saturated rings. The van der Waals surface area contributed by atoms with Gasteiger partial charge in [0.2, 0.25) is 0 Å². The third kappa shape index (κ3) is 7.37. The van der Waals surface area contributed by atoms with Crippen molar-refractivity contribution in [2.24, 2.45) is 10.9 Å². The Morgan fingerprint density at radius 1 is 1.24 bits per heavy atom. The molecule has 6 heteroatoms. The molecule has 1 saturated heterocycles. The molecule has 0 amide bonds. The average molecular weight is 402 g/mol. The molecule has 2 N–H and O–H groups in total. The van der Waals surface area contributed by atoms with Crippen LogP contribution in [0.25, 0.3) is 0 Å². The maximum atomic E-state index is 6.15. The highest BCUT2D eigenvalue weighted by Gasteiger charge is 2.17. The summed E-state index contributed by atoms with van der Waals surface area (Å²) in [6.45, 7) is 10.4. The van der Waals surface area contributed by atoms with Gasteiger partial charge in [-0.05, 0) is 44.7 Å². The summed E-state index contributed by atoms with van der Waals surface area (Å²) in [7, 11) is 0. The van der Waals surface area contributed by atoms with E-state index in [1.807, 2.05) is 0 Å². The highest BCUT2D eigenvalue weighted by atomic mass is 16.5. The van der Waals surface area contributed by atoms with Gasteiger partial charge in [0, 0.05) is 31.2 Å². The zero-order valence-corrected chi connectivity index (χ0v) is 17.8. The van der Waals surface area contributed by atoms with E-state index in [0.29, 0.717) is 19.1 Å². The largest absolute Gasteiger partial charge is 0.493 e. The number of hydrogen-bond acceptors (Lipinski definition) is 4. The van der Waals surface area contributed by atoms with E-state index in [1.54, 1.807) is 0 Å². The zero-order chi connectivity index (χ0) is 20.3. The molecule has 0 bridgehead atoms. The van der Waals surface area contributed by atoms with E-state index in [1.165, 1.54) is 11.1 Å². The van der Waals surface area contributed by atoms with Crippen LogP contribution in [-0.4, -0.2) is 52.1 Å². The summed E-state index contributed by atoms with van der Waals surface area (Å²) >= 11 is 0. The third-order valence-electron chi connectivity index (χ3n) is 5.27. The second-order valence-electron chi connectivity index (χ2n) is 7.71. The maximum Gasteiger partial charge on any atom is 0.191 e. The van der Waals surface area contributed by atoms with Crippen molar-refractivity contribution >= 4 is 5.96 Å². The van der Waals surface area contributed by atoms with Crippen LogP contribution in [0.1, 0.15) is 37.3 Å². The predicted octanol–water partition coefficient (Wildman–Crippen LogP) is 3.20. The van der Waals surface area contributed by atoms with Crippen molar-refractivity contribution in [2.75, 3.05) is 46.1 Å². The maximum absolute atomic E-state index is 6.15. The molecule has 0 radical (unpaired) electrons. The minimum atomic E-state index is 0.491. The summed E-state index contributed by atoms with van der Waals surface area (Å²) in [5.74, 6) is 2.27. The molecular formula is C23H35N3O3. The summed E-state index contributed by atoms with van der Waals surface area (Å²) in [6, 6.07) is 6.35. The lowest BCUT2D eigenvalue weighted by Crippen LogP contribution is -2.38. The van der Waals surface area contributed by atoms with Gasteiger partial charge in [0.15, 0.2) is 5.96 Å². The van der Waals surface area contributed by atoms with Crippen molar-refractivity contribution in [3.63, 3.8) is 0 Å². The highest BCUT2D eigenvalue weighted by Crippen LogP contribution is 2.23. The normalized spacial score (nSPS) is 19.7. The number of nitrogens with zero attached hydrogens (tertiary/aromatic N) is 1. The summed E-state index contributed by atoms with van der Waals surface area (Å²) in [5.41, 5.74) is 3.77. The molecule has 1 aromatic rings. The van der Waals surface area contributed by atoms with E-state index in [4.69, 9.17) is 19.2 Å². The SMILES string of the molecule is CCNC(=NCc1ccc(C)cc1OCC1CCOC1)NCCC1=CCOCC1. The molecule has 2 heterocycles. The van der Waals surface area contributed by atoms with Crippen molar-refractivity contribution in [1.29, 1.82) is 0 Å². The van der Waals surface area contributed by atoms with Gasteiger partial charge in [0.1, 0.15) is 5.75 Å². The fourth-order valence-corrected chi connectivity index (χ4v) is 3.49. The van der Waals surface area contributed by atoms with Gasteiger partial charge in [0.05, 0.1) is 33.0 Å². The van der Waals surface area contributed by atoms with Gasteiger partial charge in [-0.2, -0.15) is 0 Å². The molecular weight excluding hydrogens is 366 g/mol. The van der Waals surface area contributed by atoms with Crippen LogP contribution in [0.2, 0.25) is 0 Å². The first-order chi connectivity index (χ1) is 14.2. The number of rotatable bonds is 9. The molecule has 0 aromatic heterocycles.